The molecule has 0 radical (unpaired) electrons. The summed E-state index contributed by atoms with van der Waals surface area (Å²) in [6.45, 7) is 0.789. The van der Waals surface area contributed by atoms with Crippen LogP contribution in [0.15, 0.2) is 30.3 Å². The normalized spacial score (nSPS) is 18.7. The molecule has 1 aromatic rings. The van der Waals surface area contributed by atoms with Crippen LogP contribution in [0.5, 0.6) is 0 Å². The van der Waals surface area contributed by atoms with Gasteiger partial charge in [-0.05, 0) is 18.4 Å². The van der Waals surface area contributed by atoms with Crippen molar-refractivity contribution in [2.75, 3.05) is 38.3 Å². The van der Waals surface area contributed by atoms with Crippen LogP contribution in [0.3, 0.4) is 0 Å². The smallest absolute Gasteiger partial charge is 0.312 e. The fourth-order valence-corrected chi connectivity index (χ4v) is 4.56. The molecule has 0 aliphatic carbocycles. The van der Waals surface area contributed by atoms with E-state index in [2.05, 4.69) is 5.32 Å². The summed E-state index contributed by atoms with van der Waals surface area (Å²) < 4.78 is 28.3. The maximum absolute atomic E-state index is 12.5. The summed E-state index contributed by atoms with van der Waals surface area (Å²) in [7, 11) is -1.65. The van der Waals surface area contributed by atoms with Gasteiger partial charge in [0.05, 0.1) is 18.1 Å². The van der Waals surface area contributed by atoms with Gasteiger partial charge in [0.2, 0.25) is 0 Å². The number of nitrogens with zero attached hydrogens (tertiary/aromatic N) is 1. The molecule has 1 N–H and O–H groups in total. The quantitative estimate of drug-likeness (QED) is 0.684. The lowest BCUT2D eigenvalue weighted by Crippen LogP contribution is -2.50. The first-order valence-corrected chi connectivity index (χ1v) is 10.1. The first-order chi connectivity index (χ1) is 11.9. The number of hydrogen-bond acceptors (Lipinski definition) is 5. The van der Waals surface area contributed by atoms with E-state index in [0.717, 1.165) is 5.56 Å². The molecule has 1 aromatic carbocycles. The zero-order chi connectivity index (χ0) is 18.3. The van der Waals surface area contributed by atoms with Crippen molar-refractivity contribution in [3.05, 3.63) is 35.9 Å². The minimum Gasteiger partial charge on any atom is -0.383 e. The zero-order valence-electron chi connectivity index (χ0n) is 14.3. The van der Waals surface area contributed by atoms with E-state index in [1.54, 1.807) is 0 Å². The fraction of sp³-hybridized carbons (Fsp3) is 0.529. The summed E-state index contributed by atoms with van der Waals surface area (Å²) >= 11 is 0. The van der Waals surface area contributed by atoms with Crippen LogP contribution in [0.2, 0.25) is 0 Å². The van der Waals surface area contributed by atoms with Gasteiger partial charge >= 0.3 is 11.8 Å². The monoisotopic (exact) mass is 368 g/mol. The standard InChI is InChI=1S/C17H24N2O5S/c1-24-11-10-19(15-8-12-25(22,23)13-15)17(21)16(20)18-9-7-14-5-3-2-4-6-14/h2-6,15H,7-13H2,1H3,(H,18,20). The van der Waals surface area contributed by atoms with Crippen LogP contribution in [0.25, 0.3) is 0 Å². The van der Waals surface area contributed by atoms with E-state index in [0.29, 0.717) is 19.4 Å². The Morgan fingerprint density at radius 3 is 2.60 bits per heavy atom. The largest absolute Gasteiger partial charge is 0.383 e. The summed E-state index contributed by atoms with van der Waals surface area (Å²) in [5.41, 5.74) is 1.06. The number of carbonyl (C=O) groups is 2. The first kappa shape index (κ1) is 19.4. The lowest BCUT2D eigenvalue weighted by Gasteiger charge is -2.27. The number of carbonyl (C=O) groups excluding carboxylic acids is 2. The molecular weight excluding hydrogens is 344 g/mol. The van der Waals surface area contributed by atoms with Crippen molar-refractivity contribution >= 4 is 21.7 Å². The van der Waals surface area contributed by atoms with Crippen LogP contribution in [-0.2, 0) is 30.6 Å². The Morgan fingerprint density at radius 1 is 1.28 bits per heavy atom. The summed E-state index contributed by atoms with van der Waals surface area (Å²) in [4.78, 5) is 25.9. The molecule has 0 spiro atoms. The van der Waals surface area contributed by atoms with Crippen LogP contribution >= 0.6 is 0 Å². The topological polar surface area (TPSA) is 92.8 Å². The molecule has 1 fully saturated rings. The molecule has 2 rings (SSSR count). The maximum Gasteiger partial charge on any atom is 0.312 e. The number of rotatable bonds is 7. The van der Waals surface area contributed by atoms with Gasteiger partial charge in [0.1, 0.15) is 0 Å². The highest BCUT2D eigenvalue weighted by Crippen LogP contribution is 2.18. The molecule has 8 heteroatoms. The zero-order valence-corrected chi connectivity index (χ0v) is 15.1. The lowest BCUT2D eigenvalue weighted by atomic mass is 10.1. The predicted octanol–water partition coefficient (Wildman–Crippen LogP) is 0.00740. The molecule has 1 saturated heterocycles. The predicted molar refractivity (Wildman–Crippen MR) is 93.8 cm³/mol. The van der Waals surface area contributed by atoms with Crippen molar-refractivity contribution in [2.24, 2.45) is 0 Å². The van der Waals surface area contributed by atoms with Gasteiger partial charge < -0.3 is 15.0 Å². The average Bonchev–Trinajstić information content (AvgIpc) is 2.95. The van der Waals surface area contributed by atoms with Crippen LogP contribution in [-0.4, -0.2) is 69.5 Å². The third kappa shape index (κ3) is 5.82. The van der Waals surface area contributed by atoms with Crippen LogP contribution in [0.1, 0.15) is 12.0 Å². The molecule has 2 amide bonds. The summed E-state index contributed by atoms with van der Waals surface area (Å²) in [6, 6.07) is 9.16. The molecule has 1 unspecified atom stereocenters. The molecule has 1 aliphatic rings. The van der Waals surface area contributed by atoms with Crippen molar-refractivity contribution in [1.82, 2.24) is 10.2 Å². The van der Waals surface area contributed by atoms with Crippen molar-refractivity contribution in [1.29, 1.82) is 0 Å². The molecule has 138 valence electrons. The van der Waals surface area contributed by atoms with E-state index in [1.807, 2.05) is 30.3 Å². The Kier molecular flexibility index (Phi) is 6.95. The Bertz CT molecular complexity index is 690. The molecule has 1 aliphatic heterocycles. The molecule has 25 heavy (non-hydrogen) atoms. The van der Waals surface area contributed by atoms with E-state index in [4.69, 9.17) is 4.74 Å². The Morgan fingerprint density at radius 2 is 2.00 bits per heavy atom. The van der Waals surface area contributed by atoms with Gasteiger partial charge in [-0.1, -0.05) is 30.3 Å². The highest BCUT2D eigenvalue weighted by atomic mass is 32.2. The van der Waals surface area contributed by atoms with Gasteiger partial charge in [-0.3, -0.25) is 9.59 Å². The summed E-state index contributed by atoms with van der Waals surface area (Å²) in [5.74, 6) is -1.47. The minimum atomic E-state index is -3.14. The van der Waals surface area contributed by atoms with Gasteiger partial charge in [-0.2, -0.15) is 0 Å². The molecule has 1 atom stereocenters. The van der Waals surface area contributed by atoms with Gasteiger partial charge in [0, 0.05) is 26.2 Å². The lowest BCUT2D eigenvalue weighted by molar-refractivity contribution is -0.147. The summed E-state index contributed by atoms with van der Waals surface area (Å²) in [6.07, 6.45) is 0.977. The second-order valence-corrected chi connectivity index (χ2v) is 8.27. The van der Waals surface area contributed by atoms with E-state index in [9.17, 15) is 18.0 Å². The van der Waals surface area contributed by atoms with E-state index < -0.39 is 27.7 Å². The highest BCUT2D eigenvalue weighted by molar-refractivity contribution is 7.91. The summed E-state index contributed by atoms with van der Waals surface area (Å²) in [5, 5.41) is 2.61. The van der Waals surface area contributed by atoms with Crippen molar-refractivity contribution in [2.45, 2.75) is 18.9 Å². The van der Waals surface area contributed by atoms with Crippen LogP contribution in [0, 0.1) is 0 Å². The molecule has 0 saturated carbocycles. The number of ether oxygens (including phenoxy) is 1. The number of nitrogens with one attached hydrogen (secondary N) is 1. The second kappa shape index (κ2) is 8.96. The average molecular weight is 368 g/mol. The van der Waals surface area contributed by atoms with Gasteiger partial charge in [0.25, 0.3) is 0 Å². The van der Waals surface area contributed by atoms with Crippen molar-refractivity contribution in [3.8, 4) is 0 Å². The highest BCUT2D eigenvalue weighted by Gasteiger charge is 2.36. The molecule has 1 heterocycles. The Hall–Kier alpha value is -1.93. The number of amides is 2. The minimum absolute atomic E-state index is 0.0457. The number of benzene rings is 1. The van der Waals surface area contributed by atoms with E-state index >= 15 is 0 Å². The van der Waals surface area contributed by atoms with Crippen molar-refractivity contribution < 1.29 is 22.7 Å². The van der Waals surface area contributed by atoms with Crippen molar-refractivity contribution in [3.63, 3.8) is 0 Å². The second-order valence-electron chi connectivity index (χ2n) is 6.04. The first-order valence-electron chi connectivity index (χ1n) is 8.25. The van der Waals surface area contributed by atoms with Gasteiger partial charge in [-0.25, -0.2) is 8.42 Å². The number of hydrogen-bond donors (Lipinski definition) is 1. The van der Waals surface area contributed by atoms with Gasteiger partial charge in [0.15, 0.2) is 9.84 Å². The molecular formula is C17H24N2O5S. The SMILES string of the molecule is COCCN(C(=O)C(=O)NCCc1ccccc1)C1CCS(=O)(=O)C1. The third-order valence-electron chi connectivity index (χ3n) is 4.18. The van der Waals surface area contributed by atoms with E-state index in [1.165, 1.54) is 12.0 Å². The van der Waals surface area contributed by atoms with Gasteiger partial charge in [-0.15, -0.1) is 0 Å². The van der Waals surface area contributed by atoms with E-state index in [-0.39, 0.29) is 24.7 Å². The molecule has 0 bridgehead atoms. The number of methoxy groups -OCH3 is 1. The Balaban J connectivity index is 1.92. The van der Waals surface area contributed by atoms with Crippen LogP contribution < -0.4 is 5.32 Å². The number of sulfone groups is 1. The Labute approximate surface area is 148 Å². The van der Waals surface area contributed by atoms with Crippen LogP contribution in [0.4, 0.5) is 0 Å². The molecule has 7 nitrogen and oxygen atoms in total. The third-order valence-corrected chi connectivity index (χ3v) is 5.93. The fourth-order valence-electron chi connectivity index (χ4n) is 2.83. The maximum atomic E-state index is 12.5. The molecule has 0 aromatic heterocycles.